The third kappa shape index (κ3) is 3.84. The molecule has 0 spiro atoms. The van der Waals surface area contributed by atoms with Crippen molar-refractivity contribution in [3.63, 3.8) is 0 Å². The van der Waals surface area contributed by atoms with Gasteiger partial charge in [0.15, 0.2) is 5.13 Å². The molecule has 0 atom stereocenters. The maximum absolute atomic E-state index is 12.2. The summed E-state index contributed by atoms with van der Waals surface area (Å²) in [5.74, 6) is 0.195. The van der Waals surface area contributed by atoms with E-state index in [2.05, 4.69) is 20.6 Å². The van der Waals surface area contributed by atoms with E-state index in [0.717, 1.165) is 47.2 Å². The number of amides is 1. The first-order valence-corrected chi connectivity index (χ1v) is 8.74. The van der Waals surface area contributed by atoms with E-state index >= 15 is 0 Å². The van der Waals surface area contributed by atoms with Crippen LogP contribution in [-0.2, 0) is 4.79 Å². The summed E-state index contributed by atoms with van der Waals surface area (Å²) in [5.41, 5.74) is 1.91. The number of rotatable bonds is 3. The van der Waals surface area contributed by atoms with E-state index < -0.39 is 0 Å². The molecule has 2 aromatic heterocycles. The zero-order valence-electron chi connectivity index (χ0n) is 12.5. The van der Waals surface area contributed by atoms with E-state index in [4.69, 9.17) is 0 Å². The van der Waals surface area contributed by atoms with Crippen LogP contribution in [0.1, 0.15) is 23.5 Å². The molecule has 0 aromatic carbocycles. The van der Waals surface area contributed by atoms with Crippen LogP contribution in [0.5, 0.6) is 0 Å². The number of piperidine rings is 1. The third-order valence-electron chi connectivity index (χ3n) is 3.58. The summed E-state index contributed by atoms with van der Waals surface area (Å²) in [6.07, 6.45) is 1.80. The van der Waals surface area contributed by atoms with Gasteiger partial charge in [0.2, 0.25) is 5.91 Å². The zero-order chi connectivity index (χ0) is 14.8. The summed E-state index contributed by atoms with van der Waals surface area (Å²) in [4.78, 5) is 22.2. The summed E-state index contributed by atoms with van der Waals surface area (Å²) in [6.45, 7) is 5.82. The average molecular weight is 359 g/mol. The van der Waals surface area contributed by atoms with Gasteiger partial charge in [0.05, 0.1) is 21.3 Å². The van der Waals surface area contributed by atoms with Crippen molar-refractivity contribution in [2.75, 3.05) is 18.4 Å². The Labute approximate surface area is 144 Å². The highest BCUT2D eigenvalue weighted by Gasteiger charge is 2.22. The van der Waals surface area contributed by atoms with Gasteiger partial charge < -0.3 is 10.6 Å². The number of aromatic nitrogens is 2. The number of aryl methyl sites for hydroxylation is 2. The monoisotopic (exact) mass is 358 g/mol. The van der Waals surface area contributed by atoms with Crippen LogP contribution in [0.15, 0.2) is 5.38 Å². The number of nitrogens with zero attached hydrogens (tertiary/aromatic N) is 2. The van der Waals surface area contributed by atoms with Crippen LogP contribution in [0.2, 0.25) is 0 Å². The number of anilines is 1. The van der Waals surface area contributed by atoms with E-state index in [0.29, 0.717) is 5.13 Å². The number of thiazole rings is 2. The van der Waals surface area contributed by atoms with Crippen LogP contribution in [0, 0.1) is 19.8 Å². The molecule has 0 unspecified atom stereocenters. The van der Waals surface area contributed by atoms with Crippen molar-refractivity contribution in [3.05, 3.63) is 16.1 Å². The van der Waals surface area contributed by atoms with Crippen molar-refractivity contribution in [1.29, 1.82) is 0 Å². The normalized spacial score (nSPS) is 15.4. The number of carbonyl (C=O) groups excluding carboxylic acids is 1. The molecule has 1 aliphatic rings. The van der Waals surface area contributed by atoms with Crippen molar-refractivity contribution in [3.8, 4) is 10.6 Å². The highest BCUT2D eigenvalue weighted by Crippen LogP contribution is 2.32. The molecule has 3 rings (SSSR count). The zero-order valence-corrected chi connectivity index (χ0v) is 15.0. The molecular formula is C14H19ClN4OS2. The number of halogens is 1. The summed E-state index contributed by atoms with van der Waals surface area (Å²) < 4.78 is 0. The second-order valence-corrected chi connectivity index (χ2v) is 7.26. The summed E-state index contributed by atoms with van der Waals surface area (Å²) in [7, 11) is 0. The maximum Gasteiger partial charge on any atom is 0.229 e. The molecular weight excluding hydrogens is 340 g/mol. The first kappa shape index (κ1) is 17.3. The molecule has 1 saturated heterocycles. The standard InChI is InChI=1S/C14H18N4OS2.ClH/c1-8-12(21-9(2)16-8)11-7-20-14(17-11)18-13(19)10-3-5-15-6-4-10;/h7,10,15H,3-6H2,1-2H3,(H,17,18,19);1H. The maximum atomic E-state index is 12.2. The lowest BCUT2D eigenvalue weighted by Gasteiger charge is -2.20. The molecule has 0 saturated carbocycles. The Bertz CT molecular complexity index is 649. The molecule has 1 fully saturated rings. The van der Waals surface area contributed by atoms with Crippen molar-refractivity contribution in [2.24, 2.45) is 5.92 Å². The summed E-state index contributed by atoms with van der Waals surface area (Å²) in [6, 6.07) is 0. The molecule has 0 bridgehead atoms. The molecule has 120 valence electrons. The number of carbonyl (C=O) groups is 1. The Balaban J connectivity index is 0.00000176. The fourth-order valence-corrected chi connectivity index (χ4v) is 4.16. The van der Waals surface area contributed by atoms with Crippen molar-refractivity contribution >= 4 is 46.1 Å². The first-order chi connectivity index (χ1) is 10.1. The Kier molecular flexibility index (Phi) is 5.91. The van der Waals surface area contributed by atoms with Gasteiger partial charge in [-0.1, -0.05) is 0 Å². The fraction of sp³-hybridized carbons (Fsp3) is 0.500. The molecule has 2 aromatic rings. The lowest BCUT2D eigenvalue weighted by atomic mass is 9.97. The highest BCUT2D eigenvalue weighted by molar-refractivity contribution is 7.16. The predicted octanol–water partition coefficient (Wildman–Crippen LogP) is 3.24. The minimum Gasteiger partial charge on any atom is -0.317 e. The smallest absolute Gasteiger partial charge is 0.229 e. The van der Waals surface area contributed by atoms with E-state index in [9.17, 15) is 4.79 Å². The molecule has 22 heavy (non-hydrogen) atoms. The Morgan fingerprint density at radius 3 is 2.68 bits per heavy atom. The van der Waals surface area contributed by atoms with Gasteiger partial charge in [0.25, 0.3) is 0 Å². The van der Waals surface area contributed by atoms with E-state index in [-0.39, 0.29) is 24.2 Å². The van der Waals surface area contributed by atoms with E-state index in [1.54, 1.807) is 11.3 Å². The SMILES string of the molecule is Cc1nc(C)c(-c2csc(NC(=O)C3CCNCC3)n2)s1.Cl. The van der Waals surface area contributed by atoms with Crippen LogP contribution >= 0.6 is 35.1 Å². The van der Waals surface area contributed by atoms with E-state index in [1.807, 2.05) is 19.2 Å². The Morgan fingerprint density at radius 2 is 2.05 bits per heavy atom. The van der Waals surface area contributed by atoms with Crippen LogP contribution in [0.25, 0.3) is 10.6 Å². The highest BCUT2D eigenvalue weighted by atomic mass is 35.5. The lowest BCUT2D eigenvalue weighted by molar-refractivity contribution is -0.120. The lowest BCUT2D eigenvalue weighted by Crippen LogP contribution is -2.34. The molecule has 5 nitrogen and oxygen atoms in total. The van der Waals surface area contributed by atoms with Gasteiger partial charge in [-0.25, -0.2) is 9.97 Å². The largest absolute Gasteiger partial charge is 0.317 e. The fourth-order valence-electron chi connectivity index (χ4n) is 2.50. The summed E-state index contributed by atoms with van der Waals surface area (Å²) >= 11 is 3.11. The minimum atomic E-state index is 0. The molecule has 0 radical (unpaired) electrons. The topological polar surface area (TPSA) is 66.9 Å². The average Bonchev–Trinajstić information content (AvgIpc) is 3.06. The van der Waals surface area contributed by atoms with Crippen LogP contribution in [-0.4, -0.2) is 29.0 Å². The first-order valence-electron chi connectivity index (χ1n) is 7.05. The van der Waals surface area contributed by atoms with Crippen molar-refractivity contribution in [2.45, 2.75) is 26.7 Å². The second kappa shape index (κ2) is 7.50. The van der Waals surface area contributed by atoms with Crippen LogP contribution in [0.4, 0.5) is 5.13 Å². The van der Waals surface area contributed by atoms with Crippen molar-refractivity contribution in [1.82, 2.24) is 15.3 Å². The quantitative estimate of drug-likeness (QED) is 0.883. The van der Waals surface area contributed by atoms with Gasteiger partial charge in [-0.3, -0.25) is 4.79 Å². The van der Waals surface area contributed by atoms with Gasteiger partial charge in [0, 0.05) is 11.3 Å². The molecule has 1 amide bonds. The van der Waals surface area contributed by atoms with E-state index in [1.165, 1.54) is 11.3 Å². The molecule has 1 aliphatic heterocycles. The second-order valence-electron chi connectivity index (χ2n) is 5.20. The van der Waals surface area contributed by atoms with Crippen LogP contribution < -0.4 is 10.6 Å². The minimum absolute atomic E-state index is 0. The molecule has 8 heteroatoms. The molecule has 3 heterocycles. The molecule has 0 aliphatic carbocycles. The van der Waals surface area contributed by atoms with Gasteiger partial charge in [-0.2, -0.15) is 0 Å². The summed E-state index contributed by atoms with van der Waals surface area (Å²) in [5, 5.41) is 9.92. The number of nitrogens with one attached hydrogen (secondary N) is 2. The van der Waals surface area contributed by atoms with Gasteiger partial charge >= 0.3 is 0 Å². The predicted molar refractivity (Wildman–Crippen MR) is 94.2 cm³/mol. The Hall–Kier alpha value is -1.02. The molecule has 2 N–H and O–H groups in total. The Morgan fingerprint density at radius 1 is 1.32 bits per heavy atom. The van der Waals surface area contributed by atoms with Gasteiger partial charge in [0.1, 0.15) is 0 Å². The number of hydrogen-bond acceptors (Lipinski definition) is 6. The number of hydrogen-bond donors (Lipinski definition) is 2. The van der Waals surface area contributed by atoms with Crippen molar-refractivity contribution < 1.29 is 4.79 Å². The van der Waals surface area contributed by atoms with Gasteiger partial charge in [-0.15, -0.1) is 35.1 Å². The third-order valence-corrected chi connectivity index (χ3v) is 5.43. The van der Waals surface area contributed by atoms with Crippen LogP contribution in [0.3, 0.4) is 0 Å². The van der Waals surface area contributed by atoms with Gasteiger partial charge in [-0.05, 0) is 39.8 Å².